The van der Waals surface area contributed by atoms with Crippen LogP contribution in [0, 0.1) is 0 Å². The van der Waals surface area contributed by atoms with Gasteiger partial charge in [-0.2, -0.15) is 0 Å². The Hall–Kier alpha value is -1.88. The van der Waals surface area contributed by atoms with Crippen LogP contribution >= 0.6 is 0 Å². The Bertz CT molecular complexity index is 536. The number of amides is 1. The first-order chi connectivity index (χ1) is 9.66. The number of hydrogen-bond acceptors (Lipinski definition) is 3. The molecule has 2 heterocycles. The summed E-state index contributed by atoms with van der Waals surface area (Å²) in [7, 11) is 0. The lowest BCUT2D eigenvalue weighted by molar-refractivity contribution is -0.156. The molecule has 3 rings (SSSR count). The van der Waals surface area contributed by atoms with E-state index in [1.54, 1.807) is 0 Å². The topological polar surface area (TPSA) is 66.8 Å². The molecule has 0 bridgehead atoms. The fraction of sp³-hybridized carbons (Fsp3) is 0.467. The molecule has 20 heavy (non-hydrogen) atoms. The van der Waals surface area contributed by atoms with Crippen molar-refractivity contribution >= 4 is 11.9 Å². The number of carboxylic acid groups (broad SMARTS) is 1. The molecule has 0 saturated carbocycles. The van der Waals surface area contributed by atoms with E-state index in [4.69, 9.17) is 4.74 Å². The SMILES string of the molecule is O=C(O)C1Cc2ccccc2CN1C(=O)[C@@H]1CCCO1. The number of nitrogens with zero attached hydrogens (tertiary/aromatic N) is 1. The summed E-state index contributed by atoms with van der Waals surface area (Å²) in [6, 6.07) is 6.90. The number of aliphatic carboxylic acids is 1. The highest BCUT2D eigenvalue weighted by molar-refractivity contribution is 5.87. The molecule has 2 aliphatic heterocycles. The first kappa shape index (κ1) is 13.1. The molecule has 2 atom stereocenters. The highest BCUT2D eigenvalue weighted by Crippen LogP contribution is 2.26. The molecule has 1 N–H and O–H groups in total. The van der Waals surface area contributed by atoms with Gasteiger partial charge >= 0.3 is 5.97 Å². The van der Waals surface area contributed by atoms with Crippen LogP contribution in [0.15, 0.2) is 24.3 Å². The van der Waals surface area contributed by atoms with Crippen LogP contribution in [0.3, 0.4) is 0 Å². The molecule has 1 unspecified atom stereocenters. The van der Waals surface area contributed by atoms with E-state index >= 15 is 0 Å². The zero-order chi connectivity index (χ0) is 14.1. The quantitative estimate of drug-likeness (QED) is 0.880. The molecule has 2 aliphatic rings. The first-order valence-electron chi connectivity index (χ1n) is 6.88. The fourth-order valence-corrected chi connectivity index (χ4v) is 2.93. The predicted octanol–water partition coefficient (Wildman–Crippen LogP) is 1.20. The lowest BCUT2D eigenvalue weighted by atomic mass is 9.93. The second-order valence-corrected chi connectivity index (χ2v) is 5.29. The number of carbonyl (C=O) groups is 2. The summed E-state index contributed by atoms with van der Waals surface area (Å²) in [5.41, 5.74) is 2.03. The van der Waals surface area contributed by atoms with Crippen molar-refractivity contribution in [3.8, 4) is 0 Å². The summed E-state index contributed by atoms with van der Waals surface area (Å²) in [5.74, 6) is -1.14. The van der Waals surface area contributed by atoms with Crippen LogP contribution in [0.25, 0.3) is 0 Å². The van der Waals surface area contributed by atoms with E-state index in [1.807, 2.05) is 24.3 Å². The number of ether oxygens (including phenoxy) is 1. The van der Waals surface area contributed by atoms with Crippen LogP contribution in [0.1, 0.15) is 24.0 Å². The van der Waals surface area contributed by atoms with Crippen LogP contribution in [0.4, 0.5) is 0 Å². The number of rotatable bonds is 2. The maximum absolute atomic E-state index is 12.5. The van der Waals surface area contributed by atoms with Gasteiger partial charge in [0.1, 0.15) is 12.1 Å². The number of fused-ring (bicyclic) bond motifs is 1. The van der Waals surface area contributed by atoms with Crippen molar-refractivity contribution in [3.63, 3.8) is 0 Å². The van der Waals surface area contributed by atoms with Gasteiger partial charge in [-0.15, -0.1) is 0 Å². The van der Waals surface area contributed by atoms with E-state index < -0.39 is 18.1 Å². The standard InChI is InChI=1S/C15H17NO4/c17-14(13-6-3-7-20-13)16-9-11-5-2-1-4-10(11)8-12(16)15(18)19/h1-2,4-5,12-13H,3,6-9H2,(H,18,19)/t12?,13-/m0/s1. The number of benzene rings is 1. The third-order valence-electron chi connectivity index (χ3n) is 4.02. The molecule has 5 nitrogen and oxygen atoms in total. The number of hydrogen-bond donors (Lipinski definition) is 1. The molecular formula is C15H17NO4. The van der Waals surface area contributed by atoms with Gasteiger partial charge in [0, 0.05) is 19.6 Å². The zero-order valence-electron chi connectivity index (χ0n) is 11.1. The zero-order valence-corrected chi connectivity index (χ0v) is 11.1. The van der Waals surface area contributed by atoms with Gasteiger partial charge in [0.2, 0.25) is 0 Å². The highest BCUT2D eigenvalue weighted by atomic mass is 16.5. The summed E-state index contributed by atoms with van der Waals surface area (Å²) in [4.78, 5) is 25.4. The average molecular weight is 275 g/mol. The van der Waals surface area contributed by atoms with Crippen molar-refractivity contribution in [2.75, 3.05) is 6.61 Å². The van der Waals surface area contributed by atoms with Crippen molar-refractivity contribution in [2.45, 2.75) is 38.0 Å². The van der Waals surface area contributed by atoms with Gasteiger partial charge in [-0.1, -0.05) is 24.3 Å². The molecule has 106 valence electrons. The smallest absolute Gasteiger partial charge is 0.326 e. The molecule has 1 aromatic rings. The molecule has 0 spiro atoms. The molecule has 0 aliphatic carbocycles. The Balaban J connectivity index is 1.88. The molecule has 5 heteroatoms. The molecule has 0 radical (unpaired) electrons. The molecule has 1 aromatic carbocycles. The third-order valence-corrected chi connectivity index (χ3v) is 4.02. The summed E-state index contributed by atoms with van der Waals surface area (Å²) in [5, 5.41) is 9.39. The van der Waals surface area contributed by atoms with E-state index in [2.05, 4.69) is 0 Å². The van der Waals surface area contributed by atoms with Crippen LogP contribution in [-0.2, 0) is 27.3 Å². The highest BCUT2D eigenvalue weighted by Gasteiger charge is 2.38. The van der Waals surface area contributed by atoms with Crippen LogP contribution in [0.2, 0.25) is 0 Å². The largest absolute Gasteiger partial charge is 0.480 e. The lowest BCUT2D eigenvalue weighted by Crippen LogP contribution is -2.51. The summed E-state index contributed by atoms with van der Waals surface area (Å²) in [6.45, 7) is 0.935. The van der Waals surface area contributed by atoms with Gasteiger partial charge in [-0.3, -0.25) is 4.79 Å². The van der Waals surface area contributed by atoms with E-state index in [0.717, 1.165) is 17.5 Å². The molecular weight excluding hydrogens is 258 g/mol. The minimum Gasteiger partial charge on any atom is -0.480 e. The van der Waals surface area contributed by atoms with Crippen molar-refractivity contribution in [1.29, 1.82) is 0 Å². The molecule has 0 aromatic heterocycles. The Morgan fingerprint density at radius 1 is 1.25 bits per heavy atom. The minimum absolute atomic E-state index is 0.190. The van der Waals surface area contributed by atoms with E-state index in [9.17, 15) is 14.7 Å². The van der Waals surface area contributed by atoms with Crippen LogP contribution in [0.5, 0.6) is 0 Å². The van der Waals surface area contributed by atoms with Crippen molar-refractivity contribution in [3.05, 3.63) is 35.4 Å². The lowest BCUT2D eigenvalue weighted by Gasteiger charge is -2.35. The summed E-state index contributed by atoms with van der Waals surface area (Å²) >= 11 is 0. The fourth-order valence-electron chi connectivity index (χ4n) is 2.93. The van der Waals surface area contributed by atoms with E-state index in [1.165, 1.54) is 4.90 Å². The maximum atomic E-state index is 12.5. The minimum atomic E-state index is -0.953. The maximum Gasteiger partial charge on any atom is 0.326 e. The van der Waals surface area contributed by atoms with Crippen molar-refractivity contribution in [1.82, 2.24) is 4.90 Å². The van der Waals surface area contributed by atoms with E-state index in [-0.39, 0.29) is 5.91 Å². The van der Waals surface area contributed by atoms with Gasteiger partial charge in [0.25, 0.3) is 5.91 Å². The van der Waals surface area contributed by atoms with Gasteiger partial charge in [0.05, 0.1) is 0 Å². The van der Waals surface area contributed by atoms with Crippen LogP contribution < -0.4 is 0 Å². The van der Waals surface area contributed by atoms with Gasteiger partial charge in [-0.25, -0.2) is 4.79 Å². The first-order valence-corrected chi connectivity index (χ1v) is 6.88. The van der Waals surface area contributed by atoms with Gasteiger partial charge in [-0.05, 0) is 24.0 Å². The Kier molecular flexibility index (Phi) is 3.44. The van der Waals surface area contributed by atoms with Crippen LogP contribution in [-0.4, -0.2) is 40.6 Å². The molecule has 1 fully saturated rings. The summed E-state index contributed by atoms with van der Waals surface area (Å²) in [6.07, 6.45) is 1.44. The average Bonchev–Trinajstić information content (AvgIpc) is 2.99. The van der Waals surface area contributed by atoms with Gasteiger partial charge < -0.3 is 14.7 Å². The monoisotopic (exact) mass is 275 g/mol. The van der Waals surface area contributed by atoms with E-state index in [0.29, 0.717) is 26.0 Å². The summed E-state index contributed by atoms with van der Waals surface area (Å²) < 4.78 is 5.40. The van der Waals surface area contributed by atoms with Gasteiger partial charge in [0.15, 0.2) is 0 Å². The Labute approximate surface area is 117 Å². The Morgan fingerprint density at radius 3 is 2.65 bits per heavy atom. The van der Waals surface area contributed by atoms with Crippen molar-refractivity contribution in [2.24, 2.45) is 0 Å². The third kappa shape index (κ3) is 2.29. The number of carboxylic acids is 1. The second kappa shape index (κ2) is 5.25. The molecule has 1 saturated heterocycles. The normalized spacial score (nSPS) is 25.3. The Morgan fingerprint density at radius 2 is 2.00 bits per heavy atom. The predicted molar refractivity (Wildman–Crippen MR) is 71.1 cm³/mol. The van der Waals surface area contributed by atoms with Crippen molar-refractivity contribution < 1.29 is 19.4 Å². The second-order valence-electron chi connectivity index (χ2n) is 5.29. The number of carbonyl (C=O) groups excluding carboxylic acids is 1. The molecule has 1 amide bonds.